The van der Waals surface area contributed by atoms with Crippen LogP contribution in [0.3, 0.4) is 0 Å². The number of hydrogen-bond donors (Lipinski definition) is 1. The number of halogens is 1. The summed E-state index contributed by atoms with van der Waals surface area (Å²) in [5, 5.41) is 2.81. The Bertz CT molecular complexity index is 1130. The molecule has 0 fully saturated rings. The van der Waals surface area contributed by atoms with Crippen LogP contribution in [0.15, 0.2) is 72.8 Å². The molecule has 3 heterocycles. The normalized spacial score (nSPS) is 21.6. The summed E-state index contributed by atoms with van der Waals surface area (Å²) in [6.07, 6.45) is 1.93. The molecule has 3 aliphatic heterocycles. The summed E-state index contributed by atoms with van der Waals surface area (Å²) in [7, 11) is 0. The predicted octanol–water partition coefficient (Wildman–Crippen LogP) is 5.06. The van der Waals surface area contributed by atoms with E-state index in [9.17, 15) is 0 Å². The van der Waals surface area contributed by atoms with Gasteiger partial charge in [0.25, 0.3) is 0 Å². The van der Waals surface area contributed by atoms with E-state index in [0.29, 0.717) is 5.02 Å². The quantitative estimate of drug-likeness (QED) is 0.646. The number of fused-ring (bicyclic) bond motifs is 4. The maximum Gasteiger partial charge on any atom is 0.231 e. The van der Waals surface area contributed by atoms with Crippen molar-refractivity contribution in [2.24, 2.45) is 0 Å². The highest BCUT2D eigenvalue weighted by Gasteiger charge is 2.40. The second-order valence-corrected chi connectivity index (χ2v) is 7.61. The molecule has 0 radical (unpaired) electrons. The van der Waals surface area contributed by atoms with E-state index < -0.39 is 0 Å². The molecule has 0 spiro atoms. The molecule has 29 heavy (non-hydrogen) atoms. The maximum absolute atomic E-state index is 6.37. The molecule has 6 heteroatoms. The Morgan fingerprint density at radius 2 is 1.72 bits per heavy atom. The molecule has 0 aromatic heterocycles. The highest BCUT2D eigenvalue weighted by atomic mass is 35.5. The van der Waals surface area contributed by atoms with Gasteiger partial charge in [0.05, 0.1) is 11.7 Å². The zero-order valence-electron chi connectivity index (χ0n) is 15.3. The van der Waals surface area contributed by atoms with Gasteiger partial charge in [-0.15, -0.1) is 0 Å². The van der Waals surface area contributed by atoms with Gasteiger partial charge < -0.3 is 19.6 Å². The zero-order chi connectivity index (χ0) is 19.4. The number of benzene rings is 3. The number of rotatable bonds is 2. The van der Waals surface area contributed by atoms with E-state index in [1.54, 1.807) is 0 Å². The van der Waals surface area contributed by atoms with Crippen molar-refractivity contribution < 1.29 is 14.2 Å². The number of hydrazine groups is 1. The van der Waals surface area contributed by atoms with Crippen LogP contribution in [-0.4, -0.2) is 11.8 Å². The molecule has 3 aromatic rings. The van der Waals surface area contributed by atoms with E-state index in [1.165, 1.54) is 0 Å². The van der Waals surface area contributed by atoms with Crippen LogP contribution in [0.5, 0.6) is 17.2 Å². The van der Waals surface area contributed by atoms with Crippen LogP contribution in [0.1, 0.15) is 29.0 Å². The maximum atomic E-state index is 6.37. The van der Waals surface area contributed by atoms with Crippen LogP contribution in [0.4, 0.5) is 0 Å². The molecule has 0 bridgehead atoms. The van der Waals surface area contributed by atoms with E-state index in [2.05, 4.69) is 28.6 Å². The molecule has 6 rings (SSSR count). The molecule has 0 saturated carbocycles. The van der Waals surface area contributed by atoms with Crippen molar-refractivity contribution in [2.45, 2.75) is 12.3 Å². The van der Waals surface area contributed by atoms with Gasteiger partial charge in [-0.05, 0) is 42.5 Å². The first-order valence-corrected chi connectivity index (χ1v) is 9.82. The topological polar surface area (TPSA) is 43.0 Å². The Labute approximate surface area is 173 Å². The zero-order valence-corrected chi connectivity index (χ0v) is 16.1. The monoisotopic (exact) mass is 404 g/mol. The molecule has 2 atom stereocenters. The van der Waals surface area contributed by atoms with Crippen LogP contribution in [0.25, 0.3) is 5.70 Å². The Hall–Kier alpha value is -3.15. The molecule has 3 aliphatic rings. The Morgan fingerprint density at radius 1 is 0.897 bits per heavy atom. The van der Waals surface area contributed by atoms with E-state index in [1.807, 2.05) is 54.6 Å². The first-order chi connectivity index (χ1) is 14.3. The van der Waals surface area contributed by atoms with Gasteiger partial charge >= 0.3 is 0 Å². The summed E-state index contributed by atoms with van der Waals surface area (Å²) in [6, 6.07) is 21.9. The second-order valence-electron chi connectivity index (χ2n) is 7.18. The standard InChI is InChI=1S/C23H17ClN2O3/c24-16-7-9-20-17(11-16)19-12-18(15-6-8-21-22(10-15)28-13-27-21)25-26(19)23(29-20)14-4-2-1-3-5-14/h1-12,19,23,25H,13H2/t19-,23+/m1/s1. The molecule has 3 aromatic carbocycles. The van der Waals surface area contributed by atoms with Gasteiger partial charge in [0.1, 0.15) is 5.75 Å². The molecular formula is C23H17ClN2O3. The predicted molar refractivity (Wildman–Crippen MR) is 110 cm³/mol. The summed E-state index contributed by atoms with van der Waals surface area (Å²) in [6.45, 7) is 0.260. The molecule has 0 aliphatic carbocycles. The van der Waals surface area contributed by atoms with Crippen LogP contribution >= 0.6 is 11.6 Å². The number of nitrogens with zero attached hydrogens (tertiary/aromatic N) is 1. The molecule has 144 valence electrons. The van der Waals surface area contributed by atoms with Crippen molar-refractivity contribution in [3.63, 3.8) is 0 Å². The van der Waals surface area contributed by atoms with E-state index in [-0.39, 0.29) is 19.1 Å². The number of hydrogen-bond acceptors (Lipinski definition) is 5. The lowest BCUT2D eigenvalue weighted by atomic mass is 10.0. The van der Waals surface area contributed by atoms with Gasteiger partial charge in [-0.1, -0.05) is 41.9 Å². The molecule has 5 nitrogen and oxygen atoms in total. The summed E-state index contributed by atoms with van der Waals surface area (Å²) >= 11 is 6.29. The smallest absolute Gasteiger partial charge is 0.231 e. The summed E-state index contributed by atoms with van der Waals surface area (Å²) in [5.74, 6) is 2.37. The van der Waals surface area contributed by atoms with Gasteiger partial charge in [0.15, 0.2) is 17.7 Å². The van der Waals surface area contributed by atoms with Gasteiger partial charge in [-0.2, -0.15) is 5.01 Å². The van der Waals surface area contributed by atoms with Gasteiger partial charge in [-0.3, -0.25) is 0 Å². The number of ether oxygens (including phenoxy) is 3. The highest BCUT2D eigenvalue weighted by molar-refractivity contribution is 6.30. The van der Waals surface area contributed by atoms with Gasteiger partial charge in [-0.25, -0.2) is 0 Å². The fourth-order valence-electron chi connectivity index (χ4n) is 4.03. The molecule has 1 N–H and O–H groups in total. The first-order valence-electron chi connectivity index (χ1n) is 9.44. The minimum absolute atomic E-state index is 0.0110. The number of nitrogens with one attached hydrogen (secondary N) is 1. The van der Waals surface area contributed by atoms with Crippen molar-refractivity contribution in [1.82, 2.24) is 10.4 Å². The van der Waals surface area contributed by atoms with Crippen molar-refractivity contribution >= 4 is 17.3 Å². The third-order valence-electron chi connectivity index (χ3n) is 5.42. The molecule has 0 amide bonds. The molecule has 0 saturated heterocycles. The molecular weight excluding hydrogens is 388 g/mol. The fraction of sp³-hybridized carbons (Fsp3) is 0.130. The van der Waals surface area contributed by atoms with Crippen LogP contribution < -0.4 is 19.6 Å². The lowest BCUT2D eigenvalue weighted by Gasteiger charge is -2.39. The minimum atomic E-state index is -0.266. The lowest BCUT2D eigenvalue weighted by molar-refractivity contribution is -0.0326. The average Bonchev–Trinajstić information content (AvgIpc) is 3.40. The minimum Gasteiger partial charge on any atom is -0.469 e. The van der Waals surface area contributed by atoms with Crippen LogP contribution in [0.2, 0.25) is 5.02 Å². The van der Waals surface area contributed by atoms with Crippen molar-refractivity contribution in [3.05, 3.63) is 94.5 Å². The second kappa shape index (κ2) is 6.44. The molecule has 0 unspecified atom stereocenters. The summed E-state index contributed by atoms with van der Waals surface area (Å²) in [4.78, 5) is 0. The van der Waals surface area contributed by atoms with Crippen LogP contribution in [-0.2, 0) is 0 Å². The summed E-state index contributed by atoms with van der Waals surface area (Å²) in [5.41, 5.74) is 7.67. The average molecular weight is 405 g/mol. The van der Waals surface area contributed by atoms with Gasteiger partial charge in [0.2, 0.25) is 6.79 Å². The fourth-order valence-corrected chi connectivity index (χ4v) is 4.21. The lowest BCUT2D eigenvalue weighted by Crippen LogP contribution is -2.43. The Morgan fingerprint density at radius 3 is 2.62 bits per heavy atom. The third-order valence-corrected chi connectivity index (χ3v) is 5.66. The Kier molecular flexibility index (Phi) is 3.72. The highest BCUT2D eigenvalue weighted by Crippen LogP contribution is 2.47. The van der Waals surface area contributed by atoms with Crippen LogP contribution in [0, 0.1) is 0 Å². The third kappa shape index (κ3) is 2.74. The first kappa shape index (κ1) is 16.8. The van der Waals surface area contributed by atoms with E-state index >= 15 is 0 Å². The van der Waals surface area contributed by atoms with Crippen molar-refractivity contribution in [3.8, 4) is 17.2 Å². The Balaban J connectivity index is 1.44. The SMILES string of the molecule is Clc1ccc2c(c1)[C@H]1C=C(c3ccc4c(c3)OCO4)NN1[C@H](c1ccccc1)O2. The van der Waals surface area contributed by atoms with E-state index in [4.69, 9.17) is 25.8 Å². The van der Waals surface area contributed by atoms with E-state index in [0.717, 1.165) is 39.6 Å². The largest absolute Gasteiger partial charge is 0.469 e. The summed E-state index contributed by atoms with van der Waals surface area (Å²) < 4.78 is 17.4. The van der Waals surface area contributed by atoms with Crippen molar-refractivity contribution in [2.75, 3.05) is 6.79 Å². The van der Waals surface area contributed by atoms with Gasteiger partial charge in [0, 0.05) is 21.7 Å². The van der Waals surface area contributed by atoms with Crippen molar-refractivity contribution in [1.29, 1.82) is 0 Å².